The molecule has 1 aromatic heterocycles. The molecule has 35 heavy (non-hydrogen) atoms. The maximum absolute atomic E-state index is 13.8. The van der Waals surface area contributed by atoms with Gasteiger partial charge in [0.25, 0.3) is 5.56 Å². The van der Waals surface area contributed by atoms with Crippen molar-refractivity contribution in [1.82, 2.24) is 14.5 Å². The van der Waals surface area contributed by atoms with Gasteiger partial charge in [-0.3, -0.25) is 19.2 Å². The van der Waals surface area contributed by atoms with E-state index in [4.69, 9.17) is 4.98 Å². The molecule has 0 spiro atoms. The van der Waals surface area contributed by atoms with Crippen molar-refractivity contribution in [2.24, 2.45) is 0 Å². The number of benzene rings is 3. The number of hydrogen-bond donors (Lipinski definition) is 0. The van der Waals surface area contributed by atoms with Crippen LogP contribution in [-0.2, 0) is 19.5 Å². The Hall–Kier alpha value is -3.70. The van der Waals surface area contributed by atoms with Crippen LogP contribution in [0.25, 0.3) is 0 Å². The highest BCUT2D eigenvalue weighted by Gasteiger charge is 2.28. The van der Waals surface area contributed by atoms with E-state index in [-0.39, 0.29) is 5.56 Å². The molecule has 0 unspecified atom stereocenters. The highest BCUT2D eigenvalue weighted by molar-refractivity contribution is 5.63. The van der Waals surface area contributed by atoms with Gasteiger partial charge in [0, 0.05) is 24.2 Å². The second-order valence-corrected chi connectivity index (χ2v) is 9.50. The minimum atomic E-state index is 0.0514. The molecule has 5 heteroatoms. The average molecular weight is 465 g/mol. The average Bonchev–Trinajstić information content (AvgIpc) is 2.87. The Morgan fingerprint density at radius 2 is 1.51 bits per heavy atom. The highest BCUT2D eigenvalue weighted by atomic mass is 16.1. The van der Waals surface area contributed by atoms with E-state index < -0.39 is 0 Å². The summed E-state index contributed by atoms with van der Waals surface area (Å²) < 4.78 is 1.86. The van der Waals surface area contributed by atoms with E-state index >= 15 is 0 Å². The molecule has 0 saturated heterocycles. The number of anilines is 2. The molecule has 0 radical (unpaired) electrons. The molecule has 0 fully saturated rings. The van der Waals surface area contributed by atoms with E-state index in [1.807, 2.05) is 35.8 Å². The molecular formula is C30H32N4O. The highest BCUT2D eigenvalue weighted by Crippen LogP contribution is 2.31. The van der Waals surface area contributed by atoms with Crippen LogP contribution >= 0.6 is 0 Å². The van der Waals surface area contributed by atoms with Crippen molar-refractivity contribution in [2.75, 3.05) is 18.1 Å². The molecule has 0 N–H and O–H groups in total. The molecule has 0 aliphatic carbocycles. The second-order valence-electron chi connectivity index (χ2n) is 9.50. The van der Waals surface area contributed by atoms with Gasteiger partial charge >= 0.3 is 0 Å². The quantitative estimate of drug-likeness (QED) is 0.385. The number of fused-ring (bicyclic) bond motifs is 1. The van der Waals surface area contributed by atoms with Crippen LogP contribution in [0.15, 0.2) is 83.7 Å². The first kappa shape index (κ1) is 23.1. The zero-order valence-corrected chi connectivity index (χ0v) is 20.7. The Morgan fingerprint density at radius 3 is 2.20 bits per heavy atom. The van der Waals surface area contributed by atoms with Gasteiger partial charge in [-0.15, -0.1) is 0 Å². The lowest BCUT2D eigenvalue weighted by Crippen LogP contribution is -2.48. The van der Waals surface area contributed by atoms with Crippen molar-refractivity contribution in [1.29, 1.82) is 0 Å². The fraction of sp³-hybridized carbons (Fsp3) is 0.267. The predicted octanol–water partition coefficient (Wildman–Crippen LogP) is 5.37. The Bertz CT molecular complexity index is 1380. The molecule has 1 aliphatic rings. The largest absolute Gasteiger partial charge is 0.298 e. The number of rotatable bonds is 6. The normalized spacial score (nSPS) is 13.6. The van der Waals surface area contributed by atoms with E-state index in [0.717, 1.165) is 41.4 Å². The third-order valence-corrected chi connectivity index (χ3v) is 6.80. The molecule has 0 amide bonds. The van der Waals surface area contributed by atoms with Gasteiger partial charge in [-0.2, -0.15) is 0 Å². The monoisotopic (exact) mass is 464 g/mol. The van der Waals surface area contributed by atoms with Gasteiger partial charge in [0.2, 0.25) is 5.95 Å². The number of aromatic nitrogens is 2. The van der Waals surface area contributed by atoms with Gasteiger partial charge in [-0.1, -0.05) is 78.4 Å². The van der Waals surface area contributed by atoms with Gasteiger partial charge in [-0.05, 0) is 49.9 Å². The standard InChI is InChI=1S/C30H32N4O/c1-22-14-15-28(23(2)18-22)33-20-32(17-16-25-10-6-4-7-11-25)21-34-29(35)27(24(3)31-30(33)34)19-26-12-8-5-9-13-26/h4-15,18H,16-17,19-21H2,1-3H3. The fourth-order valence-electron chi connectivity index (χ4n) is 4.90. The van der Waals surface area contributed by atoms with Gasteiger partial charge < -0.3 is 0 Å². The van der Waals surface area contributed by atoms with Crippen molar-refractivity contribution in [3.05, 3.63) is 123 Å². The maximum atomic E-state index is 13.8. The first-order valence-electron chi connectivity index (χ1n) is 12.2. The van der Waals surface area contributed by atoms with E-state index in [0.29, 0.717) is 19.8 Å². The van der Waals surface area contributed by atoms with Crippen molar-refractivity contribution in [2.45, 2.75) is 40.3 Å². The number of hydrogen-bond acceptors (Lipinski definition) is 4. The van der Waals surface area contributed by atoms with Crippen molar-refractivity contribution in [3.8, 4) is 0 Å². The molecule has 0 atom stereocenters. The summed E-state index contributed by atoms with van der Waals surface area (Å²) in [7, 11) is 0. The van der Waals surface area contributed by atoms with Gasteiger partial charge in [0.1, 0.15) is 0 Å². The molecule has 0 bridgehead atoms. The Balaban J connectivity index is 1.54. The second kappa shape index (κ2) is 9.88. The van der Waals surface area contributed by atoms with E-state index in [2.05, 4.69) is 78.2 Å². The summed E-state index contributed by atoms with van der Waals surface area (Å²) >= 11 is 0. The molecule has 3 aromatic carbocycles. The Kier molecular flexibility index (Phi) is 6.51. The Labute approximate surface area is 207 Å². The van der Waals surface area contributed by atoms with Crippen LogP contribution in [0, 0.1) is 20.8 Å². The lowest BCUT2D eigenvalue weighted by Gasteiger charge is -2.39. The summed E-state index contributed by atoms with van der Waals surface area (Å²) in [6, 6.07) is 27.2. The van der Waals surface area contributed by atoms with Crippen LogP contribution in [0.4, 0.5) is 11.6 Å². The van der Waals surface area contributed by atoms with Gasteiger partial charge in [0.15, 0.2) is 0 Å². The van der Waals surface area contributed by atoms with E-state index in [9.17, 15) is 4.79 Å². The molecular weight excluding hydrogens is 432 g/mol. The molecule has 178 valence electrons. The van der Waals surface area contributed by atoms with Crippen LogP contribution in [0.2, 0.25) is 0 Å². The van der Waals surface area contributed by atoms with Gasteiger partial charge in [-0.25, -0.2) is 4.98 Å². The van der Waals surface area contributed by atoms with Crippen molar-refractivity contribution in [3.63, 3.8) is 0 Å². The summed E-state index contributed by atoms with van der Waals surface area (Å²) in [4.78, 5) is 23.4. The summed E-state index contributed by atoms with van der Waals surface area (Å²) in [5.74, 6) is 0.729. The Morgan fingerprint density at radius 1 is 0.829 bits per heavy atom. The fourth-order valence-corrected chi connectivity index (χ4v) is 4.90. The van der Waals surface area contributed by atoms with Crippen LogP contribution in [-0.4, -0.2) is 27.7 Å². The summed E-state index contributed by atoms with van der Waals surface area (Å²) in [6.07, 6.45) is 1.52. The minimum Gasteiger partial charge on any atom is -0.298 e. The number of nitrogens with zero attached hydrogens (tertiary/aromatic N) is 4. The lowest BCUT2D eigenvalue weighted by atomic mass is 10.0. The predicted molar refractivity (Wildman–Crippen MR) is 142 cm³/mol. The first-order chi connectivity index (χ1) is 17.0. The maximum Gasteiger partial charge on any atom is 0.259 e. The molecule has 0 saturated carbocycles. The molecule has 5 rings (SSSR count). The molecule has 2 heterocycles. The molecule has 1 aliphatic heterocycles. The van der Waals surface area contributed by atoms with Crippen LogP contribution < -0.4 is 10.5 Å². The summed E-state index contributed by atoms with van der Waals surface area (Å²) in [5, 5.41) is 0. The van der Waals surface area contributed by atoms with Gasteiger partial charge in [0.05, 0.1) is 19.0 Å². The zero-order chi connectivity index (χ0) is 24.4. The minimum absolute atomic E-state index is 0.0514. The van der Waals surface area contributed by atoms with Crippen LogP contribution in [0.3, 0.4) is 0 Å². The smallest absolute Gasteiger partial charge is 0.259 e. The molecule has 4 aromatic rings. The number of aryl methyl sites for hydroxylation is 3. The summed E-state index contributed by atoms with van der Waals surface area (Å²) in [5.41, 5.74) is 7.55. The SMILES string of the molecule is Cc1ccc(N2CN(CCc3ccccc3)Cn3c2nc(C)c(Cc2ccccc2)c3=O)c(C)c1. The third-order valence-electron chi connectivity index (χ3n) is 6.80. The van der Waals surface area contributed by atoms with Crippen molar-refractivity contribution < 1.29 is 0 Å². The first-order valence-corrected chi connectivity index (χ1v) is 12.2. The topological polar surface area (TPSA) is 41.4 Å². The van der Waals surface area contributed by atoms with E-state index in [1.54, 1.807) is 0 Å². The lowest BCUT2D eigenvalue weighted by molar-refractivity contribution is 0.200. The van der Waals surface area contributed by atoms with Crippen LogP contribution in [0.5, 0.6) is 0 Å². The van der Waals surface area contributed by atoms with Crippen LogP contribution in [0.1, 0.15) is 33.5 Å². The summed E-state index contributed by atoms with van der Waals surface area (Å²) in [6.45, 7) is 8.29. The zero-order valence-electron chi connectivity index (χ0n) is 20.7. The molecule has 5 nitrogen and oxygen atoms in total. The van der Waals surface area contributed by atoms with Crippen molar-refractivity contribution >= 4 is 11.6 Å². The van der Waals surface area contributed by atoms with E-state index in [1.165, 1.54) is 16.7 Å². The third kappa shape index (κ3) is 4.91.